The number of rotatable bonds is 2. The standard InChI is InChI=1S/C45H49BN2O/c1-10-21-47-36-15-12-16-37-40(36)46(43-42(47)32-22-33-34(25-39(32)49-43)45(8,9)20-19-44(33,6)7)35-23-30-26(2)17-18-27(3)31(30)24-38(35)48(37)41-28(4)13-11-14-29(41)5/h10-16,21-27H,17-20H2,1-9H3/b21-10+. The Morgan fingerprint density at radius 3 is 2.04 bits per heavy atom. The van der Waals surface area contributed by atoms with Gasteiger partial charge in [0.25, 0.3) is 6.71 Å². The second kappa shape index (κ2) is 10.4. The van der Waals surface area contributed by atoms with Gasteiger partial charge < -0.3 is 14.2 Å². The van der Waals surface area contributed by atoms with Gasteiger partial charge in [-0.05, 0) is 144 Å². The van der Waals surface area contributed by atoms with E-state index in [2.05, 4.69) is 145 Å². The highest BCUT2D eigenvalue weighted by atomic mass is 16.3. The van der Waals surface area contributed by atoms with Gasteiger partial charge in [0.2, 0.25) is 0 Å². The van der Waals surface area contributed by atoms with Crippen molar-refractivity contribution < 1.29 is 4.42 Å². The minimum absolute atomic E-state index is 0.00142. The van der Waals surface area contributed by atoms with Gasteiger partial charge in [-0.2, -0.15) is 0 Å². The van der Waals surface area contributed by atoms with Crippen LogP contribution in [0, 0.1) is 13.8 Å². The van der Waals surface area contributed by atoms with Crippen LogP contribution in [0.15, 0.2) is 77.4 Å². The summed E-state index contributed by atoms with van der Waals surface area (Å²) in [5.41, 5.74) is 19.9. The van der Waals surface area contributed by atoms with E-state index >= 15 is 0 Å². The molecule has 2 unspecified atom stereocenters. The lowest BCUT2D eigenvalue weighted by molar-refractivity contribution is 0.332. The van der Waals surface area contributed by atoms with Crippen LogP contribution in [0.2, 0.25) is 0 Å². The summed E-state index contributed by atoms with van der Waals surface area (Å²) in [6, 6.07) is 23.7. The third kappa shape index (κ3) is 4.22. The predicted octanol–water partition coefficient (Wildman–Crippen LogP) is 10.7. The van der Waals surface area contributed by atoms with E-state index < -0.39 is 0 Å². The zero-order valence-electron chi connectivity index (χ0n) is 30.8. The van der Waals surface area contributed by atoms with Crippen molar-refractivity contribution in [1.29, 1.82) is 0 Å². The van der Waals surface area contributed by atoms with E-state index in [0.29, 0.717) is 11.8 Å². The van der Waals surface area contributed by atoms with Crippen LogP contribution < -0.4 is 26.4 Å². The predicted molar refractivity (Wildman–Crippen MR) is 210 cm³/mol. The summed E-state index contributed by atoms with van der Waals surface area (Å²) in [4.78, 5) is 5.02. The molecule has 49 heavy (non-hydrogen) atoms. The molecule has 248 valence electrons. The summed E-state index contributed by atoms with van der Waals surface area (Å²) < 4.78 is 7.29. The molecule has 4 aromatic carbocycles. The molecule has 2 aliphatic carbocycles. The second-order valence-electron chi connectivity index (χ2n) is 17.0. The number of furan rings is 1. The lowest BCUT2D eigenvalue weighted by atomic mass is 9.35. The monoisotopic (exact) mass is 644 g/mol. The maximum atomic E-state index is 7.29. The van der Waals surface area contributed by atoms with Gasteiger partial charge in [0, 0.05) is 28.6 Å². The molecule has 9 rings (SSSR count). The van der Waals surface area contributed by atoms with Crippen molar-refractivity contribution in [2.75, 3.05) is 9.80 Å². The van der Waals surface area contributed by atoms with Crippen molar-refractivity contribution in [1.82, 2.24) is 0 Å². The van der Waals surface area contributed by atoms with Crippen LogP contribution in [0.1, 0.15) is 119 Å². The minimum Gasteiger partial charge on any atom is -0.468 e. The van der Waals surface area contributed by atoms with E-state index in [9.17, 15) is 0 Å². The van der Waals surface area contributed by atoms with Gasteiger partial charge in [0.1, 0.15) is 5.58 Å². The van der Waals surface area contributed by atoms with Crippen LogP contribution in [0.3, 0.4) is 0 Å². The number of nitrogens with zero attached hydrogens (tertiary/aromatic N) is 2. The van der Waals surface area contributed by atoms with Gasteiger partial charge >= 0.3 is 0 Å². The Bertz CT molecular complexity index is 2210. The fourth-order valence-electron chi connectivity index (χ4n) is 9.96. The fraction of sp³-hybridized carbons (Fsp3) is 0.378. The molecule has 4 aliphatic rings. The summed E-state index contributed by atoms with van der Waals surface area (Å²) in [7, 11) is 0. The van der Waals surface area contributed by atoms with E-state index in [0.717, 1.165) is 11.2 Å². The first-order valence-corrected chi connectivity index (χ1v) is 18.6. The fourth-order valence-corrected chi connectivity index (χ4v) is 9.96. The zero-order valence-corrected chi connectivity index (χ0v) is 30.8. The SMILES string of the molecule is C/C=C/N1c2cccc3c2B(c2cc4c(cc2N3c2c(C)cccc2C)C(C)CCC4C)c2oc3cc4c(cc3c21)C(C)(C)CCC4(C)C. The van der Waals surface area contributed by atoms with Crippen molar-refractivity contribution in [2.24, 2.45) is 0 Å². The Morgan fingerprint density at radius 2 is 1.37 bits per heavy atom. The zero-order chi connectivity index (χ0) is 34.1. The van der Waals surface area contributed by atoms with Gasteiger partial charge in [0.05, 0.1) is 17.0 Å². The van der Waals surface area contributed by atoms with Gasteiger partial charge in [-0.25, -0.2) is 0 Å². The summed E-state index contributed by atoms with van der Waals surface area (Å²) in [6.45, 7) is 21.2. The van der Waals surface area contributed by atoms with E-state index in [1.165, 1.54) is 104 Å². The topological polar surface area (TPSA) is 19.6 Å². The Morgan fingerprint density at radius 1 is 0.755 bits per heavy atom. The molecule has 0 radical (unpaired) electrons. The first-order chi connectivity index (χ1) is 23.4. The van der Waals surface area contributed by atoms with Crippen molar-refractivity contribution >= 4 is 62.7 Å². The number of allylic oxidation sites excluding steroid dienone is 1. The van der Waals surface area contributed by atoms with Crippen LogP contribution in [-0.4, -0.2) is 6.71 Å². The molecule has 2 atom stereocenters. The smallest absolute Gasteiger partial charge is 0.297 e. The Kier molecular flexibility index (Phi) is 6.56. The van der Waals surface area contributed by atoms with E-state index in [4.69, 9.17) is 4.42 Å². The number of hydrogen-bond donors (Lipinski definition) is 0. The van der Waals surface area contributed by atoms with Gasteiger partial charge in [0.15, 0.2) is 0 Å². The molecule has 3 nitrogen and oxygen atoms in total. The third-order valence-corrected chi connectivity index (χ3v) is 12.9. The molecule has 0 amide bonds. The number of para-hydroxylation sites is 1. The summed E-state index contributed by atoms with van der Waals surface area (Å²) in [6.07, 6.45) is 9.28. The third-order valence-electron chi connectivity index (χ3n) is 12.9. The van der Waals surface area contributed by atoms with Crippen LogP contribution in [0.4, 0.5) is 28.4 Å². The van der Waals surface area contributed by atoms with Gasteiger partial charge in [-0.1, -0.05) is 78.0 Å². The average molecular weight is 645 g/mol. The number of aryl methyl sites for hydroxylation is 2. The van der Waals surface area contributed by atoms with Crippen LogP contribution in [0.25, 0.3) is 11.0 Å². The molecule has 0 fully saturated rings. The van der Waals surface area contributed by atoms with Gasteiger partial charge in [-0.3, -0.25) is 0 Å². The molecule has 0 bridgehead atoms. The Labute approximate surface area is 293 Å². The highest BCUT2D eigenvalue weighted by Crippen LogP contribution is 2.51. The Balaban J connectivity index is 1.40. The van der Waals surface area contributed by atoms with Gasteiger partial charge in [-0.15, -0.1) is 0 Å². The molecular weight excluding hydrogens is 595 g/mol. The quantitative estimate of drug-likeness (QED) is 0.175. The van der Waals surface area contributed by atoms with Crippen molar-refractivity contribution in [3.05, 3.63) is 106 Å². The van der Waals surface area contributed by atoms with Crippen LogP contribution in [0.5, 0.6) is 0 Å². The minimum atomic E-state index is -0.00142. The molecular formula is C45H49BN2O. The molecule has 1 aromatic heterocycles. The largest absolute Gasteiger partial charge is 0.468 e. The highest BCUT2D eigenvalue weighted by Gasteiger charge is 2.48. The molecule has 3 heterocycles. The lowest BCUT2D eigenvalue weighted by Crippen LogP contribution is -2.61. The maximum absolute atomic E-state index is 7.29. The first-order valence-electron chi connectivity index (χ1n) is 18.6. The molecule has 0 saturated carbocycles. The molecule has 4 heteroatoms. The first kappa shape index (κ1) is 30.9. The van der Waals surface area contributed by atoms with Crippen molar-refractivity contribution in [3.8, 4) is 0 Å². The highest BCUT2D eigenvalue weighted by molar-refractivity contribution is 6.99. The van der Waals surface area contributed by atoms with E-state index in [-0.39, 0.29) is 17.5 Å². The number of hydrogen-bond acceptors (Lipinski definition) is 3. The molecule has 0 N–H and O–H groups in total. The summed E-state index contributed by atoms with van der Waals surface area (Å²) >= 11 is 0. The summed E-state index contributed by atoms with van der Waals surface area (Å²) in [5, 5.41) is 1.23. The van der Waals surface area contributed by atoms with E-state index in [1.54, 1.807) is 0 Å². The van der Waals surface area contributed by atoms with Crippen LogP contribution in [-0.2, 0) is 10.8 Å². The molecule has 0 spiro atoms. The lowest BCUT2D eigenvalue weighted by Gasteiger charge is -2.43. The number of anilines is 5. The Hall–Kier alpha value is -4.18. The van der Waals surface area contributed by atoms with Crippen molar-refractivity contribution in [3.63, 3.8) is 0 Å². The van der Waals surface area contributed by atoms with E-state index in [1.807, 2.05) is 0 Å². The number of fused-ring (bicyclic) bond motifs is 8. The molecule has 0 saturated heterocycles. The summed E-state index contributed by atoms with van der Waals surface area (Å²) in [5.74, 6) is 1.08. The van der Waals surface area contributed by atoms with Crippen LogP contribution >= 0.6 is 0 Å². The van der Waals surface area contributed by atoms with Crippen molar-refractivity contribution in [2.45, 2.75) is 111 Å². The second-order valence-corrected chi connectivity index (χ2v) is 17.0. The average Bonchev–Trinajstić information content (AvgIpc) is 3.44. The molecule has 2 aliphatic heterocycles. The normalized spacial score (nSPS) is 21.4. The number of benzene rings is 4. The molecule has 5 aromatic rings. The maximum Gasteiger partial charge on any atom is 0.297 e.